The number of rotatable bonds is 6. The van der Waals surface area contributed by atoms with Crippen molar-refractivity contribution in [2.75, 3.05) is 7.11 Å². The van der Waals surface area contributed by atoms with Gasteiger partial charge in [0.1, 0.15) is 11.4 Å². The molecule has 0 atom stereocenters. The summed E-state index contributed by atoms with van der Waals surface area (Å²) in [6.45, 7) is 0. The average Bonchev–Trinajstić information content (AvgIpc) is 3.18. The van der Waals surface area contributed by atoms with Crippen molar-refractivity contribution in [1.29, 1.82) is 0 Å². The highest BCUT2D eigenvalue weighted by Gasteiger charge is 2.19. The van der Waals surface area contributed by atoms with Gasteiger partial charge in [0.2, 0.25) is 0 Å². The molecule has 0 aliphatic rings. The van der Waals surface area contributed by atoms with Crippen LogP contribution < -0.4 is 10.2 Å². The van der Waals surface area contributed by atoms with Crippen LogP contribution in [0.3, 0.4) is 0 Å². The number of H-pyrrole nitrogens is 1. The van der Waals surface area contributed by atoms with Gasteiger partial charge >= 0.3 is 0 Å². The maximum Gasteiger partial charge on any atom is 0.288 e. The van der Waals surface area contributed by atoms with E-state index in [9.17, 15) is 14.9 Å². The number of nitro groups is 1. The van der Waals surface area contributed by atoms with E-state index in [2.05, 4.69) is 15.5 Å². The van der Waals surface area contributed by atoms with Crippen LogP contribution in [-0.2, 0) is 0 Å². The molecule has 154 valence electrons. The van der Waals surface area contributed by atoms with Crippen LogP contribution in [0.25, 0.3) is 22.0 Å². The van der Waals surface area contributed by atoms with E-state index in [1.165, 1.54) is 18.3 Å². The Kier molecular flexibility index (Phi) is 5.44. The first-order valence-electron chi connectivity index (χ1n) is 9.40. The largest absolute Gasteiger partial charge is 0.497 e. The summed E-state index contributed by atoms with van der Waals surface area (Å²) in [5.74, 6) is 0.277. The van der Waals surface area contributed by atoms with Crippen LogP contribution in [0.15, 0.2) is 77.9 Å². The molecule has 1 heterocycles. The van der Waals surface area contributed by atoms with Crippen molar-refractivity contribution in [3.8, 4) is 16.9 Å². The van der Waals surface area contributed by atoms with E-state index in [1.54, 1.807) is 19.2 Å². The number of aromatic nitrogens is 1. The standard InChI is InChI=1S/C23H18N4O4/c1-31-18-11-12-20-19(13-18)21(16-5-3-2-4-6-16)22(25-20)23(28)26-24-14-15-7-9-17(10-8-15)27(29)30/h2-14,25H,1H3,(H,26,28)/b24-14-. The van der Waals surface area contributed by atoms with Crippen LogP contribution in [0.1, 0.15) is 16.1 Å². The third-order valence-corrected chi connectivity index (χ3v) is 4.78. The van der Waals surface area contributed by atoms with E-state index in [-0.39, 0.29) is 5.69 Å². The molecular weight excluding hydrogens is 396 g/mol. The number of carbonyl (C=O) groups is 1. The molecule has 0 bridgehead atoms. The van der Waals surface area contributed by atoms with Crippen molar-refractivity contribution in [2.24, 2.45) is 5.10 Å². The molecule has 4 aromatic rings. The van der Waals surface area contributed by atoms with Gasteiger partial charge in [0.15, 0.2) is 0 Å². The van der Waals surface area contributed by atoms with Crippen molar-refractivity contribution in [2.45, 2.75) is 0 Å². The van der Waals surface area contributed by atoms with Crippen LogP contribution in [0.2, 0.25) is 0 Å². The Labute approximate surface area is 177 Å². The molecule has 0 radical (unpaired) electrons. The molecular formula is C23H18N4O4. The number of ether oxygens (including phenoxy) is 1. The van der Waals surface area contributed by atoms with Crippen LogP contribution >= 0.6 is 0 Å². The highest BCUT2D eigenvalue weighted by molar-refractivity contribution is 6.10. The van der Waals surface area contributed by atoms with Crippen LogP contribution in [0.5, 0.6) is 5.75 Å². The first-order chi connectivity index (χ1) is 15.1. The van der Waals surface area contributed by atoms with Gasteiger partial charge in [-0.3, -0.25) is 14.9 Å². The fraction of sp³-hybridized carbons (Fsp3) is 0.0435. The number of nitrogens with one attached hydrogen (secondary N) is 2. The molecule has 0 unspecified atom stereocenters. The molecule has 0 aliphatic carbocycles. The Morgan fingerprint density at radius 1 is 1.10 bits per heavy atom. The Balaban J connectivity index is 1.65. The van der Waals surface area contributed by atoms with E-state index in [1.807, 2.05) is 48.5 Å². The summed E-state index contributed by atoms with van der Waals surface area (Å²) in [6.07, 6.45) is 1.43. The number of aromatic amines is 1. The van der Waals surface area contributed by atoms with E-state index >= 15 is 0 Å². The van der Waals surface area contributed by atoms with Gasteiger partial charge in [0, 0.05) is 28.6 Å². The van der Waals surface area contributed by atoms with Crippen LogP contribution in [0.4, 0.5) is 5.69 Å². The van der Waals surface area contributed by atoms with E-state index in [0.717, 1.165) is 22.0 Å². The van der Waals surface area contributed by atoms with Crippen molar-refractivity contribution in [1.82, 2.24) is 10.4 Å². The second-order valence-electron chi connectivity index (χ2n) is 6.70. The maximum atomic E-state index is 12.9. The molecule has 0 saturated carbocycles. The molecule has 0 saturated heterocycles. The van der Waals surface area contributed by atoms with Gasteiger partial charge in [-0.1, -0.05) is 30.3 Å². The lowest BCUT2D eigenvalue weighted by molar-refractivity contribution is -0.384. The predicted octanol–water partition coefficient (Wildman–Crippen LogP) is 4.52. The van der Waals surface area contributed by atoms with Gasteiger partial charge in [-0.15, -0.1) is 0 Å². The number of nitrogens with zero attached hydrogens (tertiary/aromatic N) is 2. The van der Waals surface area contributed by atoms with Gasteiger partial charge in [-0.05, 0) is 41.5 Å². The zero-order chi connectivity index (χ0) is 21.8. The van der Waals surface area contributed by atoms with E-state index < -0.39 is 10.8 Å². The smallest absolute Gasteiger partial charge is 0.288 e. The minimum Gasteiger partial charge on any atom is -0.497 e. The lowest BCUT2D eigenvalue weighted by Crippen LogP contribution is -2.18. The Morgan fingerprint density at radius 3 is 2.52 bits per heavy atom. The summed E-state index contributed by atoms with van der Waals surface area (Å²) in [6, 6.07) is 21.0. The number of nitro benzene ring substituents is 1. The molecule has 0 fully saturated rings. The topological polar surface area (TPSA) is 110 Å². The molecule has 31 heavy (non-hydrogen) atoms. The second-order valence-corrected chi connectivity index (χ2v) is 6.70. The number of hydrogen-bond donors (Lipinski definition) is 2. The third kappa shape index (κ3) is 4.13. The monoisotopic (exact) mass is 414 g/mol. The summed E-state index contributed by atoms with van der Waals surface area (Å²) in [7, 11) is 1.59. The molecule has 2 N–H and O–H groups in total. The molecule has 4 rings (SSSR count). The summed E-state index contributed by atoms with van der Waals surface area (Å²) >= 11 is 0. The SMILES string of the molecule is COc1ccc2[nH]c(C(=O)N/N=C\c3ccc([N+](=O)[O-])cc3)c(-c3ccccc3)c2c1. The zero-order valence-corrected chi connectivity index (χ0v) is 16.5. The number of carbonyl (C=O) groups excluding carboxylic acids is 1. The average molecular weight is 414 g/mol. The Hall–Kier alpha value is -4.46. The van der Waals surface area contributed by atoms with E-state index in [0.29, 0.717) is 17.0 Å². The summed E-state index contributed by atoms with van der Waals surface area (Å²) in [5.41, 5.74) is 5.92. The van der Waals surface area contributed by atoms with Gasteiger partial charge < -0.3 is 9.72 Å². The highest BCUT2D eigenvalue weighted by atomic mass is 16.6. The Morgan fingerprint density at radius 2 is 1.84 bits per heavy atom. The Bertz CT molecular complexity index is 1280. The molecule has 3 aromatic carbocycles. The van der Waals surface area contributed by atoms with Crippen molar-refractivity contribution >= 4 is 28.7 Å². The van der Waals surface area contributed by atoms with Crippen LogP contribution in [-0.4, -0.2) is 29.1 Å². The van der Waals surface area contributed by atoms with Crippen molar-refractivity contribution in [3.05, 3.63) is 94.2 Å². The normalized spacial score (nSPS) is 11.0. The first kappa shape index (κ1) is 19.8. The van der Waals surface area contributed by atoms with Crippen LogP contribution in [0, 0.1) is 10.1 Å². The third-order valence-electron chi connectivity index (χ3n) is 4.78. The maximum absolute atomic E-state index is 12.9. The van der Waals surface area contributed by atoms with Crippen molar-refractivity contribution in [3.63, 3.8) is 0 Å². The molecule has 0 spiro atoms. The number of benzene rings is 3. The fourth-order valence-electron chi connectivity index (χ4n) is 3.28. The summed E-state index contributed by atoms with van der Waals surface area (Å²) in [5, 5.41) is 15.6. The van der Waals surface area contributed by atoms with E-state index in [4.69, 9.17) is 4.74 Å². The minimum absolute atomic E-state index is 0.0119. The number of amides is 1. The molecule has 0 aliphatic heterocycles. The summed E-state index contributed by atoms with van der Waals surface area (Å²) in [4.78, 5) is 26.4. The highest BCUT2D eigenvalue weighted by Crippen LogP contribution is 2.34. The number of hydrogen-bond acceptors (Lipinski definition) is 5. The quantitative estimate of drug-likeness (QED) is 0.275. The van der Waals surface area contributed by atoms with Gasteiger partial charge in [0.25, 0.3) is 11.6 Å². The van der Waals surface area contributed by atoms with Crippen molar-refractivity contribution < 1.29 is 14.5 Å². The number of methoxy groups -OCH3 is 1. The lowest BCUT2D eigenvalue weighted by atomic mass is 10.0. The van der Waals surface area contributed by atoms with Gasteiger partial charge in [-0.2, -0.15) is 5.10 Å². The second kappa shape index (κ2) is 8.50. The lowest BCUT2D eigenvalue weighted by Gasteiger charge is -2.05. The molecule has 1 aromatic heterocycles. The number of hydrazone groups is 1. The molecule has 1 amide bonds. The minimum atomic E-state index is -0.474. The molecule has 8 nitrogen and oxygen atoms in total. The number of non-ortho nitro benzene ring substituents is 1. The predicted molar refractivity (Wildman–Crippen MR) is 118 cm³/mol. The molecule has 8 heteroatoms. The zero-order valence-electron chi connectivity index (χ0n) is 16.5. The van der Waals surface area contributed by atoms with Gasteiger partial charge in [0.05, 0.1) is 18.2 Å². The fourth-order valence-corrected chi connectivity index (χ4v) is 3.28. The first-order valence-corrected chi connectivity index (χ1v) is 9.40. The number of fused-ring (bicyclic) bond motifs is 1. The summed E-state index contributed by atoms with van der Waals surface area (Å²) < 4.78 is 5.34. The van der Waals surface area contributed by atoms with Gasteiger partial charge in [-0.25, -0.2) is 5.43 Å².